The van der Waals surface area contributed by atoms with Crippen LogP contribution in [0, 0.1) is 0 Å². The largest absolute Gasteiger partial charge is 0.353 e. The molecule has 2 rings (SSSR count). The minimum Gasteiger partial charge on any atom is -0.353 e. The Hall–Kier alpha value is -0.800. The van der Waals surface area contributed by atoms with Crippen molar-refractivity contribution in [1.82, 2.24) is 4.98 Å². The predicted molar refractivity (Wildman–Crippen MR) is 72.4 cm³/mol. The van der Waals surface area contributed by atoms with Gasteiger partial charge in [0.15, 0.2) is 0 Å². The molecule has 0 unspecified atom stereocenters. The van der Waals surface area contributed by atoms with Crippen LogP contribution in [0.25, 0.3) is 0 Å². The zero-order chi connectivity index (χ0) is 12.3. The molecule has 0 atom stereocenters. The quantitative estimate of drug-likeness (QED) is 0.897. The molecule has 0 saturated heterocycles. The van der Waals surface area contributed by atoms with Crippen molar-refractivity contribution in [3.63, 3.8) is 0 Å². The molecule has 0 radical (unpaired) electrons. The van der Waals surface area contributed by atoms with Gasteiger partial charge in [0.25, 0.3) is 0 Å². The van der Waals surface area contributed by atoms with Crippen LogP contribution in [0.2, 0.25) is 5.02 Å². The first-order valence-electron chi connectivity index (χ1n) is 6.37. The smallest absolute Gasteiger partial charge is 0.147 e. The number of anilines is 1. The Labute approximate surface area is 108 Å². The highest BCUT2D eigenvalue weighted by molar-refractivity contribution is 6.33. The highest BCUT2D eigenvalue weighted by Gasteiger charge is 2.23. The fraction of sp³-hybridized carbons (Fsp3) is 0.615. The summed E-state index contributed by atoms with van der Waals surface area (Å²) in [5.74, 6) is 0.915. The molecule has 17 heavy (non-hydrogen) atoms. The van der Waals surface area contributed by atoms with E-state index in [1.165, 1.54) is 25.7 Å². The van der Waals surface area contributed by atoms with Gasteiger partial charge in [-0.2, -0.15) is 0 Å². The SMILES string of the molecule is CCN(c1ncc(CN)cc1Cl)C1CCCC1. The number of hydrogen-bond acceptors (Lipinski definition) is 3. The summed E-state index contributed by atoms with van der Waals surface area (Å²) in [6.07, 6.45) is 6.98. The van der Waals surface area contributed by atoms with Crippen LogP contribution in [0.5, 0.6) is 0 Å². The van der Waals surface area contributed by atoms with E-state index in [9.17, 15) is 0 Å². The maximum atomic E-state index is 6.30. The van der Waals surface area contributed by atoms with Crippen molar-refractivity contribution in [1.29, 1.82) is 0 Å². The lowest BCUT2D eigenvalue weighted by atomic mass is 10.2. The van der Waals surface area contributed by atoms with Gasteiger partial charge in [-0.1, -0.05) is 24.4 Å². The zero-order valence-electron chi connectivity index (χ0n) is 10.3. The number of rotatable bonds is 4. The minimum absolute atomic E-state index is 0.489. The van der Waals surface area contributed by atoms with Crippen LogP contribution < -0.4 is 10.6 Å². The molecule has 1 saturated carbocycles. The molecule has 0 aliphatic heterocycles. The third-order valence-electron chi connectivity index (χ3n) is 3.49. The summed E-state index contributed by atoms with van der Waals surface area (Å²) in [6.45, 7) is 3.61. The van der Waals surface area contributed by atoms with Gasteiger partial charge < -0.3 is 10.6 Å². The van der Waals surface area contributed by atoms with Crippen molar-refractivity contribution >= 4 is 17.4 Å². The van der Waals surface area contributed by atoms with Crippen molar-refractivity contribution in [2.24, 2.45) is 5.73 Å². The molecule has 2 N–H and O–H groups in total. The average molecular weight is 254 g/mol. The van der Waals surface area contributed by atoms with Crippen molar-refractivity contribution in [3.05, 3.63) is 22.8 Å². The Kier molecular flexibility index (Phi) is 4.24. The van der Waals surface area contributed by atoms with Gasteiger partial charge in [0, 0.05) is 25.3 Å². The molecular formula is C13H20ClN3. The number of aromatic nitrogens is 1. The zero-order valence-corrected chi connectivity index (χ0v) is 11.1. The topological polar surface area (TPSA) is 42.2 Å². The second-order valence-electron chi connectivity index (χ2n) is 4.58. The van der Waals surface area contributed by atoms with E-state index in [-0.39, 0.29) is 0 Å². The van der Waals surface area contributed by atoms with Crippen LogP contribution in [0.1, 0.15) is 38.2 Å². The van der Waals surface area contributed by atoms with E-state index in [1.54, 1.807) is 0 Å². The molecule has 1 aromatic rings. The second-order valence-corrected chi connectivity index (χ2v) is 4.98. The van der Waals surface area contributed by atoms with Crippen LogP contribution in [-0.4, -0.2) is 17.6 Å². The fourth-order valence-corrected chi connectivity index (χ4v) is 2.89. The van der Waals surface area contributed by atoms with Crippen molar-refractivity contribution < 1.29 is 0 Å². The third kappa shape index (κ3) is 2.72. The van der Waals surface area contributed by atoms with Crippen LogP contribution in [0.4, 0.5) is 5.82 Å². The third-order valence-corrected chi connectivity index (χ3v) is 3.77. The van der Waals surface area contributed by atoms with E-state index in [4.69, 9.17) is 17.3 Å². The van der Waals surface area contributed by atoms with E-state index in [2.05, 4.69) is 16.8 Å². The highest BCUT2D eigenvalue weighted by atomic mass is 35.5. The molecule has 1 aromatic heterocycles. The summed E-state index contributed by atoms with van der Waals surface area (Å²) in [6, 6.07) is 2.54. The number of nitrogens with zero attached hydrogens (tertiary/aromatic N) is 2. The monoisotopic (exact) mass is 253 g/mol. The van der Waals surface area contributed by atoms with E-state index in [0.717, 1.165) is 22.9 Å². The van der Waals surface area contributed by atoms with Gasteiger partial charge in [-0.15, -0.1) is 0 Å². The van der Waals surface area contributed by atoms with Crippen molar-refractivity contribution in [2.75, 3.05) is 11.4 Å². The summed E-state index contributed by atoms with van der Waals surface area (Å²) in [4.78, 5) is 6.81. The van der Waals surface area contributed by atoms with E-state index in [1.807, 2.05) is 12.3 Å². The molecule has 94 valence electrons. The first-order valence-corrected chi connectivity index (χ1v) is 6.75. The molecule has 4 heteroatoms. The molecule has 1 aliphatic carbocycles. The maximum Gasteiger partial charge on any atom is 0.147 e. The van der Waals surface area contributed by atoms with Crippen molar-refractivity contribution in [2.45, 2.75) is 45.2 Å². The van der Waals surface area contributed by atoms with E-state index < -0.39 is 0 Å². The standard InChI is InChI=1S/C13H20ClN3/c1-2-17(11-5-3-4-6-11)13-12(14)7-10(8-15)9-16-13/h7,9,11H,2-6,8,15H2,1H3. The summed E-state index contributed by atoms with van der Waals surface area (Å²) in [5, 5.41) is 0.724. The Morgan fingerprint density at radius 2 is 2.18 bits per heavy atom. The van der Waals surface area contributed by atoms with Crippen molar-refractivity contribution in [3.8, 4) is 0 Å². The minimum atomic E-state index is 0.489. The second kappa shape index (κ2) is 5.69. The summed E-state index contributed by atoms with van der Waals surface area (Å²) in [5.41, 5.74) is 6.57. The van der Waals surface area contributed by atoms with Gasteiger partial charge in [-0.3, -0.25) is 0 Å². The fourth-order valence-electron chi connectivity index (χ4n) is 2.59. The summed E-state index contributed by atoms with van der Waals surface area (Å²) in [7, 11) is 0. The molecule has 0 amide bonds. The van der Waals surface area contributed by atoms with Crippen LogP contribution in [0.3, 0.4) is 0 Å². The maximum absolute atomic E-state index is 6.30. The summed E-state index contributed by atoms with van der Waals surface area (Å²) >= 11 is 6.30. The Morgan fingerprint density at radius 1 is 1.47 bits per heavy atom. The molecule has 0 spiro atoms. The van der Waals surface area contributed by atoms with Gasteiger partial charge >= 0.3 is 0 Å². The molecule has 1 heterocycles. The van der Waals surface area contributed by atoms with Gasteiger partial charge in [0.1, 0.15) is 5.82 Å². The van der Waals surface area contributed by atoms with Crippen LogP contribution >= 0.6 is 11.6 Å². The number of hydrogen-bond donors (Lipinski definition) is 1. The predicted octanol–water partition coefficient (Wildman–Crippen LogP) is 2.96. The Balaban J connectivity index is 2.23. The van der Waals surface area contributed by atoms with Gasteiger partial charge in [-0.25, -0.2) is 4.98 Å². The average Bonchev–Trinajstić information content (AvgIpc) is 2.85. The Bertz CT molecular complexity index is 375. The van der Waals surface area contributed by atoms with E-state index >= 15 is 0 Å². The molecule has 1 fully saturated rings. The lowest BCUT2D eigenvalue weighted by Gasteiger charge is -2.29. The molecule has 0 aromatic carbocycles. The lowest BCUT2D eigenvalue weighted by Crippen LogP contribution is -2.33. The first-order chi connectivity index (χ1) is 8.26. The van der Waals surface area contributed by atoms with E-state index in [0.29, 0.717) is 12.6 Å². The van der Waals surface area contributed by atoms with Gasteiger partial charge in [0.05, 0.1) is 5.02 Å². The highest BCUT2D eigenvalue weighted by Crippen LogP contribution is 2.31. The molecule has 1 aliphatic rings. The number of halogens is 1. The van der Waals surface area contributed by atoms with Gasteiger partial charge in [0.2, 0.25) is 0 Å². The summed E-state index contributed by atoms with van der Waals surface area (Å²) < 4.78 is 0. The lowest BCUT2D eigenvalue weighted by molar-refractivity contribution is 0.613. The van der Waals surface area contributed by atoms with Crippen LogP contribution in [0.15, 0.2) is 12.3 Å². The first kappa shape index (κ1) is 12.7. The molecular weight excluding hydrogens is 234 g/mol. The molecule has 0 bridgehead atoms. The molecule has 3 nitrogen and oxygen atoms in total. The van der Waals surface area contributed by atoms with Crippen LogP contribution in [-0.2, 0) is 6.54 Å². The Morgan fingerprint density at radius 3 is 2.71 bits per heavy atom. The van der Waals surface area contributed by atoms with Gasteiger partial charge in [-0.05, 0) is 31.4 Å². The number of nitrogens with two attached hydrogens (primary N) is 1. The normalized spacial score (nSPS) is 16.4. The number of pyridine rings is 1.